The number of carbonyl (C=O) groups excluding carboxylic acids is 1. The molecule has 4 rings (SSSR count). The first-order valence-electron chi connectivity index (χ1n) is 12.0. The molecule has 32 heavy (non-hydrogen) atoms. The molecule has 0 amide bonds. The average Bonchev–Trinajstić information content (AvgIpc) is 2.84. The monoisotopic (exact) mass is 436 g/mol. The van der Waals surface area contributed by atoms with E-state index in [0.717, 1.165) is 10.2 Å². The van der Waals surface area contributed by atoms with Gasteiger partial charge in [-0.1, -0.05) is 31.0 Å². The Morgan fingerprint density at radius 1 is 0.781 bits per heavy atom. The maximum Gasteiger partial charge on any atom is 0.336 e. The molecule has 170 valence electrons. The zero-order chi connectivity index (χ0) is 22.7. The number of nitrogens with zero attached hydrogens (tertiary/aromatic N) is 1. The first kappa shape index (κ1) is 22.5. The highest BCUT2D eigenvalue weighted by atomic mass is 16.4. The van der Waals surface area contributed by atoms with E-state index in [2.05, 4.69) is 7.05 Å². The van der Waals surface area contributed by atoms with Crippen molar-refractivity contribution in [2.24, 2.45) is 0 Å². The Morgan fingerprint density at radius 2 is 1.31 bits per heavy atom. The molecule has 2 N–H and O–H groups in total. The van der Waals surface area contributed by atoms with Gasteiger partial charge in [0.1, 0.15) is 11.4 Å². The van der Waals surface area contributed by atoms with Crippen LogP contribution in [0, 0.1) is 0 Å². The number of phenols is 1. The lowest BCUT2D eigenvalue weighted by Gasteiger charge is -2.49. The van der Waals surface area contributed by atoms with Gasteiger partial charge in [-0.05, 0) is 63.5 Å². The SMILES string of the molecule is C[N+](c1ccc(C(=O)c2ccccc2C(=O)O)c(O)c1)(C1CCCCC1)C1CCCCC1. The Kier molecular flexibility index (Phi) is 6.66. The predicted octanol–water partition coefficient (Wildman–Crippen LogP) is 5.92. The summed E-state index contributed by atoms with van der Waals surface area (Å²) < 4.78 is 0.827. The molecule has 2 aromatic carbocycles. The molecule has 5 heteroatoms. The quantitative estimate of drug-likeness (QED) is 0.435. The summed E-state index contributed by atoms with van der Waals surface area (Å²) in [5.41, 5.74) is 1.26. The van der Waals surface area contributed by atoms with Crippen LogP contribution in [0.3, 0.4) is 0 Å². The summed E-state index contributed by atoms with van der Waals surface area (Å²) in [6, 6.07) is 12.7. The third kappa shape index (κ3) is 4.18. The molecule has 0 unspecified atom stereocenters. The van der Waals surface area contributed by atoms with Gasteiger partial charge in [-0.15, -0.1) is 0 Å². The Hall–Kier alpha value is -2.66. The summed E-state index contributed by atoms with van der Waals surface area (Å²) >= 11 is 0. The second-order valence-corrected chi connectivity index (χ2v) is 9.61. The molecule has 0 atom stereocenters. The smallest absolute Gasteiger partial charge is 0.336 e. The Morgan fingerprint density at radius 3 is 1.81 bits per heavy atom. The van der Waals surface area contributed by atoms with Crippen molar-refractivity contribution in [1.29, 1.82) is 0 Å². The van der Waals surface area contributed by atoms with Crippen LogP contribution < -0.4 is 4.48 Å². The molecule has 0 bridgehead atoms. The molecular formula is C27H34NO4+. The van der Waals surface area contributed by atoms with E-state index in [1.807, 2.05) is 6.07 Å². The lowest BCUT2D eigenvalue weighted by Crippen LogP contribution is -2.61. The van der Waals surface area contributed by atoms with Crippen molar-refractivity contribution >= 4 is 17.4 Å². The summed E-state index contributed by atoms with van der Waals surface area (Å²) in [5.74, 6) is -1.68. The summed E-state index contributed by atoms with van der Waals surface area (Å²) in [7, 11) is 2.32. The number of hydrogen-bond acceptors (Lipinski definition) is 3. The third-order valence-electron chi connectivity index (χ3n) is 7.85. The number of ketones is 1. The van der Waals surface area contributed by atoms with Crippen LogP contribution >= 0.6 is 0 Å². The van der Waals surface area contributed by atoms with E-state index in [1.54, 1.807) is 24.3 Å². The molecule has 0 radical (unpaired) electrons. The number of quaternary nitrogens is 1. The van der Waals surface area contributed by atoms with Crippen molar-refractivity contribution in [2.45, 2.75) is 76.3 Å². The van der Waals surface area contributed by atoms with Gasteiger partial charge in [0.25, 0.3) is 0 Å². The molecule has 0 saturated heterocycles. The maximum atomic E-state index is 13.1. The fourth-order valence-corrected chi connectivity index (χ4v) is 5.98. The van der Waals surface area contributed by atoms with Gasteiger partial charge in [-0.3, -0.25) is 9.28 Å². The molecule has 5 nitrogen and oxygen atoms in total. The zero-order valence-electron chi connectivity index (χ0n) is 18.9. The van der Waals surface area contributed by atoms with Crippen LogP contribution in [0.5, 0.6) is 5.75 Å². The average molecular weight is 437 g/mol. The van der Waals surface area contributed by atoms with Gasteiger partial charge in [-0.2, -0.15) is 0 Å². The maximum absolute atomic E-state index is 13.1. The minimum Gasteiger partial charge on any atom is -0.507 e. The summed E-state index contributed by atoms with van der Waals surface area (Å²) in [6.45, 7) is 0. The predicted molar refractivity (Wildman–Crippen MR) is 126 cm³/mol. The number of phenolic OH excluding ortho intramolecular Hbond substituents is 1. The molecule has 0 aliphatic heterocycles. The van der Waals surface area contributed by atoms with Gasteiger partial charge >= 0.3 is 5.97 Å². The Balaban J connectivity index is 1.71. The van der Waals surface area contributed by atoms with Gasteiger partial charge in [0.05, 0.1) is 30.3 Å². The second kappa shape index (κ2) is 9.45. The number of benzene rings is 2. The van der Waals surface area contributed by atoms with E-state index in [1.165, 1.54) is 76.3 Å². The molecule has 2 aliphatic rings. The van der Waals surface area contributed by atoms with Crippen molar-refractivity contribution in [2.75, 3.05) is 7.05 Å². The van der Waals surface area contributed by atoms with Gasteiger partial charge in [0.2, 0.25) is 0 Å². The standard InChI is InChI=1S/C27H33NO4/c1-28(19-10-4-2-5-11-19,20-12-6-3-7-13-20)21-16-17-24(25(29)18-21)26(30)22-14-8-9-15-23(22)27(31)32/h8-9,14-20H,2-7,10-13H2,1H3,(H-,29,30,31,32)/p+1. The zero-order valence-corrected chi connectivity index (χ0v) is 18.9. The van der Waals surface area contributed by atoms with Crippen molar-refractivity contribution in [1.82, 2.24) is 4.48 Å². The van der Waals surface area contributed by atoms with E-state index in [0.29, 0.717) is 12.1 Å². The van der Waals surface area contributed by atoms with Crippen LogP contribution in [-0.4, -0.2) is 41.1 Å². The number of rotatable bonds is 6. The number of carbonyl (C=O) groups is 2. The minimum absolute atomic E-state index is 0.0500. The Labute approximate surface area is 190 Å². The van der Waals surface area contributed by atoms with Crippen molar-refractivity contribution in [3.05, 3.63) is 59.2 Å². The molecule has 0 heterocycles. The molecule has 0 spiro atoms. The van der Waals surface area contributed by atoms with Gasteiger partial charge in [0, 0.05) is 17.7 Å². The van der Waals surface area contributed by atoms with Crippen LogP contribution in [0.4, 0.5) is 5.69 Å². The lowest BCUT2D eigenvalue weighted by molar-refractivity contribution is 0.0692. The van der Waals surface area contributed by atoms with E-state index < -0.39 is 11.8 Å². The fourth-order valence-electron chi connectivity index (χ4n) is 5.98. The largest absolute Gasteiger partial charge is 0.507 e. The number of carboxylic acids is 1. The van der Waals surface area contributed by atoms with Crippen LogP contribution in [-0.2, 0) is 0 Å². The van der Waals surface area contributed by atoms with Crippen LogP contribution in [0.2, 0.25) is 0 Å². The number of aromatic hydroxyl groups is 1. The van der Waals surface area contributed by atoms with Crippen LogP contribution in [0.15, 0.2) is 42.5 Å². The fraction of sp³-hybridized carbons (Fsp3) is 0.481. The normalized spacial score (nSPS) is 18.4. The molecule has 2 fully saturated rings. The van der Waals surface area contributed by atoms with E-state index in [-0.39, 0.29) is 22.4 Å². The number of hydrogen-bond donors (Lipinski definition) is 2. The topological polar surface area (TPSA) is 74.6 Å². The van der Waals surface area contributed by atoms with Gasteiger partial charge in [-0.25, -0.2) is 4.79 Å². The molecule has 2 aromatic rings. The lowest BCUT2D eigenvalue weighted by atomic mass is 9.85. The summed E-state index contributed by atoms with van der Waals surface area (Å²) in [5, 5.41) is 20.4. The highest BCUT2D eigenvalue weighted by molar-refractivity contribution is 6.15. The molecule has 0 aromatic heterocycles. The molecule has 2 aliphatic carbocycles. The van der Waals surface area contributed by atoms with E-state index >= 15 is 0 Å². The summed E-state index contributed by atoms with van der Waals surface area (Å²) in [4.78, 5) is 24.7. The highest BCUT2D eigenvalue weighted by Crippen LogP contribution is 2.41. The number of aromatic carboxylic acids is 1. The van der Waals surface area contributed by atoms with E-state index in [9.17, 15) is 19.8 Å². The second-order valence-electron chi connectivity index (χ2n) is 9.61. The van der Waals surface area contributed by atoms with Crippen molar-refractivity contribution < 1.29 is 19.8 Å². The van der Waals surface area contributed by atoms with Gasteiger partial charge in [0.15, 0.2) is 5.78 Å². The molecular weight excluding hydrogens is 402 g/mol. The third-order valence-corrected chi connectivity index (χ3v) is 7.85. The Bertz CT molecular complexity index is 969. The van der Waals surface area contributed by atoms with Gasteiger partial charge < -0.3 is 10.2 Å². The van der Waals surface area contributed by atoms with Crippen LogP contribution in [0.25, 0.3) is 0 Å². The first-order chi connectivity index (χ1) is 15.4. The minimum atomic E-state index is -1.15. The molecule has 2 saturated carbocycles. The van der Waals surface area contributed by atoms with Crippen molar-refractivity contribution in [3.8, 4) is 5.75 Å². The van der Waals surface area contributed by atoms with Crippen LogP contribution in [0.1, 0.15) is 90.5 Å². The van der Waals surface area contributed by atoms with Crippen molar-refractivity contribution in [3.63, 3.8) is 0 Å². The first-order valence-corrected chi connectivity index (χ1v) is 12.0. The number of carboxylic acid groups (broad SMARTS) is 1. The van der Waals surface area contributed by atoms with E-state index in [4.69, 9.17) is 0 Å². The highest BCUT2D eigenvalue weighted by Gasteiger charge is 2.43. The summed E-state index contributed by atoms with van der Waals surface area (Å²) in [6.07, 6.45) is 12.4.